The van der Waals surface area contributed by atoms with Crippen LogP contribution in [-0.4, -0.2) is 30.2 Å². The molecular formula is C23H18ClNO6S. The molecule has 0 aliphatic rings. The highest BCUT2D eigenvalue weighted by Crippen LogP contribution is 2.26. The number of halogens is 1. The maximum absolute atomic E-state index is 13.4. The van der Waals surface area contributed by atoms with E-state index in [-0.39, 0.29) is 21.7 Å². The van der Waals surface area contributed by atoms with Crippen LogP contribution in [0.5, 0.6) is 0 Å². The van der Waals surface area contributed by atoms with Gasteiger partial charge in [0.1, 0.15) is 5.25 Å². The molecule has 0 heterocycles. The second-order valence-corrected chi connectivity index (χ2v) is 9.72. The van der Waals surface area contributed by atoms with Gasteiger partial charge >= 0.3 is 0 Å². The van der Waals surface area contributed by atoms with E-state index in [1.165, 1.54) is 54.6 Å². The number of nitro groups is 1. The van der Waals surface area contributed by atoms with Crippen molar-refractivity contribution in [3.05, 3.63) is 105 Å². The third-order valence-electron chi connectivity index (χ3n) is 4.89. The number of ketones is 2. The Kier molecular flexibility index (Phi) is 6.86. The number of hydrogen-bond donors (Lipinski definition) is 0. The van der Waals surface area contributed by atoms with Crippen LogP contribution in [0.3, 0.4) is 0 Å². The van der Waals surface area contributed by atoms with E-state index in [1.54, 1.807) is 19.1 Å². The molecule has 0 amide bonds. The molecule has 3 aromatic carbocycles. The maximum Gasteiger partial charge on any atom is 0.270 e. The summed E-state index contributed by atoms with van der Waals surface area (Å²) in [6.45, 7) is 1.78. The van der Waals surface area contributed by atoms with Gasteiger partial charge in [-0.1, -0.05) is 41.4 Å². The molecule has 32 heavy (non-hydrogen) atoms. The molecule has 164 valence electrons. The van der Waals surface area contributed by atoms with E-state index >= 15 is 0 Å². The van der Waals surface area contributed by atoms with Gasteiger partial charge in [0.25, 0.3) is 5.69 Å². The minimum atomic E-state index is -4.28. The Balaban J connectivity index is 2.06. The van der Waals surface area contributed by atoms with E-state index in [9.17, 15) is 28.1 Å². The number of benzene rings is 3. The van der Waals surface area contributed by atoms with Crippen LogP contribution in [0.15, 0.2) is 77.7 Å². The Hall–Kier alpha value is -3.36. The molecule has 0 bridgehead atoms. The lowest BCUT2D eigenvalue weighted by Gasteiger charge is -2.17. The average molecular weight is 472 g/mol. The first kappa shape index (κ1) is 23.3. The molecule has 0 aromatic heterocycles. The van der Waals surface area contributed by atoms with Crippen LogP contribution < -0.4 is 0 Å². The first-order valence-electron chi connectivity index (χ1n) is 9.47. The number of sulfone groups is 1. The molecule has 0 aliphatic carbocycles. The zero-order valence-corrected chi connectivity index (χ0v) is 18.5. The zero-order chi connectivity index (χ0) is 23.5. The quantitative estimate of drug-likeness (QED) is 0.263. The van der Waals surface area contributed by atoms with Crippen LogP contribution in [0, 0.1) is 17.0 Å². The number of carbonyl (C=O) groups excluding carboxylic acids is 2. The molecule has 3 aromatic rings. The van der Waals surface area contributed by atoms with Gasteiger partial charge in [-0.3, -0.25) is 19.7 Å². The van der Waals surface area contributed by atoms with Crippen molar-refractivity contribution in [3.63, 3.8) is 0 Å². The van der Waals surface area contributed by atoms with E-state index in [4.69, 9.17) is 11.6 Å². The zero-order valence-electron chi connectivity index (χ0n) is 16.9. The predicted molar refractivity (Wildman–Crippen MR) is 120 cm³/mol. The van der Waals surface area contributed by atoms with Crippen LogP contribution in [0.1, 0.15) is 32.7 Å². The third kappa shape index (κ3) is 5.09. The highest BCUT2D eigenvalue weighted by Gasteiger charge is 2.37. The number of rotatable bonds is 8. The molecule has 9 heteroatoms. The smallest absolute Gasteiger partial charge is 0.270 e. The summed E-state index contributed by atoms with van der Waals surface area (Å²) in [7, 11) is -4.28. The first-order valence-corrected chi connectivity index (χ1v) is 11.4. The molecule has 0 N–H and O–H groups in total. The Morgan fingerprint density at radius 2 is 1.59 bits per heavy atom. The van der Waals surface area contributed by atoms with Gasteiger partial charge in [-0.05, 0) is 43.3 Å². The van der Waals surface area contributed by atoms with Crippen molar-refractivity contribution < 1.29 is 22.9 Å². The lowest BCUT2D eigenvalue weighted by atomic mass is 10.0. The number of hydrogen-bond acceptors (Lipinski definition) is 6. The molecular weight excluding hydrogens is 454 g/mol. The number of nitro benzene ring substituents is 1. The van der Waals surface area contributed by atoms with E-state index < -0.39 is 38.0 Å². The normalized spacial score (nSPS) is 12.2. The number of nitrogens with zero attached hydrogens (tertiary/aromatic N) is 1. The topological polar surface area (TPSA) is 111 Å². The summed E-state index contributed by atoms with van der Waals surface area (Å²) in [6.07, 6.45) is -0.626. The van der Waals surface area contributed by atoms with Gasteiger partial charge in [-0.2, -0.15) is 0 Å². The molecule has 1 atom stereocenters. The predicted octanol–water partition coefficient (Wildman–Crippen LogP) is 4.85. The second kappa shape index (κ2) is 9.42. The third-order valence-corrected chi connectivity index (χ3v) is 7.21. The fraction of sp³-hybridized carbons (Fsp3) is 0.130. The van der Waals surface area contributed by atoms with Gasteiger partial charge in [0.05, 0.1) is 9.82 Å². The number of Topliss-reactive ketones (excluding diaryl/α,β-unsaturated/α-hetero) is 2. The molecule has 0 unspecified atom stereocenters. The Bertz CT molecular complexity index is 1280. The van der Waals surface area contributed by atoms with E-state index in [2.05, 4.69) is 0 Å². The van der Waals surface area contributed by atoms with Gasteiger partial charge in [0.15, 0.2) is 21.4 Å². The van der Waals surface area contributed by atoms with E-state index in [0.717, 1.165) is 11.6 Å². The van der Waals surface area contributed by atoms with Crippen molar-refractivity contribution in [3.8, 4) is 0 Å². The molecule has 0 spiro atoms. The monoisotopic (exact) mass is 471 g/mol. The summed E-state index contributed by atoms with van der Waals surface area (Å²) in [5.41, 5.74) is 0.503. The van der Waals surface area contributed by atoms with Gasteiger partial charge in [-0.15, -0.1) is 0 Å². The van der Waals surface area contributed by atoms with Crippen molar-refractivity contribution in [2.24, 2.45) is 0 Å². The molecule has 0 saturated heterocycles. The van der Waals surface area contributed by atoms with Crippen molar-refractivity contribution in [1.29, 1.82) is 0 Å². The van der Waals surface area contributed by atoms with Crippen LogP contribution in [0.25, 0.3) is 0 Å². The molecule has 0 aliphatic heterocycles. The largest absolute Gasteiger partial charge is 0.294 e. The fourth-order valence-electron chi connectivity index (χ4n) is 3.12. The van der Waals surface area contributed by atoms with Crippen molar-refractivity contribution in [2.75, 3.05) is 0 Å². The molecule has 7 nitrogen and oxygen atoms in total. The summed E-state index contributed by atoms with van der Waals surface area (Å²) in [4.78, 5) is 36.4. The summed E-state index contributed by atoms with van der Waals surface area (Å²) >= 11 is 5.84. The number of carbonyl (C=O) groups is 2. The second-order valence-electron chi connectivity index (χ2n) is 7.15. The average Bonchev–Trinajstić information content (AvgIpc) is 2.77. The van der Waals surface area contributed by atoms with Crippen molar-refractivity contribution in [1.82, 2.24) is 0 Å². The standard InChI is InChI=1S/C23H18ClNO6S/c1-15-5-11-20(12-6-15)32(30,31)22(14-21(26)16-7-9-18(24)10-8-16)23(27)17-3-2-4-19(13-17)25(28)29/h2-13,22H,14H2,1H3/t22-/m0/s1. The summed E-state index contributed by atoms with van der Waals surface area (Å²) in [5.74, 6) is -1.46. The van der Waals surface area contributed by atoms with Crippen molar-refractivity contribution >= 4 is 38.7 Å². The maximum atomic E-state index is 13.4. The lowest BCUT2D eigenvalue weighted by Crippen LogP contribution is -2.33. The van der Waals surface area contributed by atoms with Crippen LogP contribution in [0.4, 0.5) is 5.69 Å². The Morgan fingerprint density at radius 3 is 2.19 bits per heavy atom. The first-order chi connectivity index (χ1) is 15.1. The minimum absolute atomic E-state index is 0.115. The Morgan fingerprint density at radius 1 is 0.969 bits per heavy atom. The Labute approximate surface area is 189 Å². The summed E-state index contributed by atoms with van der Waals surface area (Å²) in [5, 5.41) is 9.74. The van der Waals surface area contributed by atoms with Gasteiger partial charge in [0.2, 0.25) is 0 Å². The lowest BCUT2D eigenvalue weighted by molar-refractivity contribution is -0.384. The summed E-state index contributed by atoms with van der Waals surface area (Å²) in [6, 6.07) is 16.5. The van der Waals surface area contributed by atoms with Crippen LogP contribution in [-0.2, 0) is 9.84 Å². The SMILES string of the molecule is Cc1ccc(S(=O)(=O)[C@@H](CC(=O)c2ccc(Cl)cc2)C(=O)c2cccc([N+](=O)[O-])c2)cc1. The molecule has 3 rings (SSSR count). The fourth-order valence-corrected chi connectivity index (χ4v) is 4.87. The van der Waals surface area contributed by atoms with Crippen LogP contribution in [0.2, 0.25) is 5.02 Å². The number of aryl methyl sites for hydroxylation is 1. The van der Waals surface area contributed by atoms with Gasteiger partial charge in [-0.25, -0.2) is 8.42 Å². The van der Waals surface area contributed by atoms with Gasteiger partial charge < -0.3 is 0 Å². The molecule has 0 saturated carbocycles. The molecule has 0 radical (unpaired) electrons. The van der Waals surface area contributed by atoms with Crippen LogP contribution >= 0.6 is 11.6 Å². The van der Waals surface area contributed by atoms with Crippen molar-refractivity contribution in [2.45, 2.75) is 23.5 Å². The van der Waals surface area contributed by atoms with Gasteiger partial charge in [0, 0.05) is 34.7 Å². The number of non-ortho nitro benzene ring substituents is 1. The minimum Gasteiger partial charge on any atom is -0.294 e. The summed E-state index contributed by atoms with van der Waals surface area (Å²) < 4.78 is 26.7. The highest BCUT2D eigenvalue weighted by molar-refractivity contribution is 7.92. The van der Waals surface area contributed by atoms with E-state index in [0.29, 0.717) is 5.02 Å². The highest BCUT2D eigenvalue weighted by atomic mass is 35.5. The van der Waals surface area contributed by atoms with E-state index in [1.807, 2.05) is 0 Å². The molecule has 0 fully saturated rings.